The number of hydrogen-bond donors (Lipinski definition) is 2. The Morgan fingerprint density at radius 3 is 2.75 bits per heavy atom. The van der Waals surface area contributed by atoms with E-state index in [1.54, 1.807) is 0 Å². The predicted molar refractivity (Wildman–Crippen MR) is 60.4 cm³/mol. The lowest BCUT2D eigenvalue weighted by molar-refractivity contribution is -0.149. The van der Waals surface area contributed by atoms with Crippen LogP contribution >= 0.6 is 0 Å². The van der Waals surface area contributed by atoms with Crippen molar-refractivity contribution in [3.63, 3.8) is 0 Å². The summed E-state index contributed by atoms with van der Waals surface area (Å²) < 4.78 is 5.43. The normalized spacial score (nSPS) is 32.3. The van der Waals surface area contributed by atoms with Gasteiger partial charge in [0.2, 0.25) is 0 Å². The van der Waals surface area contributed by atoms with Crippen molar-refractivity contribution in [3.8, 4) is 0 Å². The van der Waals surface area contributed by atoms with Gasteiger partial charge in [0.05, 0.1) is 6.10 Å². The molecule has 1 aliphatic carbocycles. The van der Waals surface area contributed by atoms with Crippen LogP contribution in [0.4, 0.5) is 0 Å². The molecule has 1 aliphatic heterocycles. The average molecular weight is 227 g/mol. The van der Waals surface area contributed by atoms with Crippen molar-refractivity contribution in [2.45, 2.75) is 51.2 Å². The van der Waals surface area contributed by atoms with Crippen LogP contribution in [0.15, 0.2) is 0 Å². The van der Waals surface area contributed by atoms with Crippen LogP contribution in [0.2, 0.25) is 0 Å². The Labute approximate surface area is 96.4 Å². The van der Waals surface area contributed by atoms with E-state index in [1.165, 1.54) is 19.3 Å². The molecule has 92 valence electrons. The van der Waals surface area contributed by atoms with E-state index in [-0.39, 0.29) is 6.10 Å². The zero-order valence-electron chi connectivity index (χ0n) is 9.87. The van der Waals surface area contributed by atoms with E-state index in [0.717, 1.165) is 19.5 Å². The Hall–Kier alpha value is -0.610. The summed E-state index contributed by atoms with van der Waals surface area (Å²) in [6.45, 7) is 4.13. The number of carboxylic acids is 1. The van der Waals surface area contributed by atoms with E-state index in [1.807, 2.05) is 0 Å². The molecule has 0 amide bonds. The van der Waals surface area contributed by atoms with E-state index in [9.17, 15) is 4.79 Å². The van der Waals surface area contributed by atoms with Crippen molar-refractivity contribution in [3.05, 3.63) is 0 Å². The first kappa shape index (κ1) is 11.9. The molecule has 1 heterocycles. The maximum Gasteiger partial charge on any atom is 0.332 e. The molecule has 1 saturated carbocycles. The summed E-state index contributed by atoms with van der Waals surface area (Å²) in [5.41, 5.74) is 0.477. The van der Waals surface area contributed by atoms with E-state index in [0.29, 0.717) is 11.8 Å². The lowest BCUT2D eigenvalue weighted by Gasteiger charge is -2.38. The van der Waals surface area contributed by atoms with Crippen molar-refractivity contribution in [2.24, 2.45) is 5.41 Å². The fourth-order valence-corrected chi connectivity index (χ4v) is 2.53. The van der Waals surface area contributed by atoms with Gasteiger partial charge in [0.25, 0.3) is 0 Å². The largest absolute Gasteiger partial charge is 0.479 e. The zero-order chi connectivity index (χ0) is 11.6. The molecule has 2 fully saturated rings. The highest BCUT2D eigenvalue weighted by Gasteiger charge is 2.33. The van der Waals surface area contributed by atoms with Gasteiger partial charge in [-0.25, -0.2) is 4.79 Å². The number of hydrogen-bond acceptors (Lipinski definition) is 3. The molecular weight excluding hydrogens is 206 g/mol. The highest BCUT2D eigenvalue weighted by Crippen LogP contribution is 2.39. The Balaban J connectivity index is 1.62. The minimum absolute atomic E-state index is 0.0878. The molecule has 2 aliphatic rings. The molecule has 2 N–H and O–H groups in total. The molecule has 0 aromatic heterocycles. The van der Waals surface area contributed by atoms with Gasteiger partial charge in [-0.05, 0) is 31.1 Å². The molecule has 2 rings (SSSR count). The summed E-state index contributed by atoms with van der Waals surface area (Å²) in [4.78, 5) is 10.7. The number of carboxylic acid groups (broad SMARTS) is 1. The second-order valence-corrected chi connectivity index (χ2v) is 5.46. The summed E-state index contributed by atoms with van der Waals surface area (Å²) in [5.74, 6) is -0.826. The highest BCUT2D eigenvalue weighted by molar-refractivity contribution is 5.72. The topological polar surface area (TPSA) is 58.6 Å². The van der Waals surface area contributed by atoms with Crippen LogP contribution in [0, 0.1) is 5.41 Å². The Morgan fingerprint density at radius 2 is 2.25 bits per heavy atom. The summed E-state index contributed by atoms with van der Waals surface area (Å²) in [7, 11) is 0. The van der Waals surface area contributed by atoms with Gasteiger partial charge in [-0.1, -0.05) is 13.3 Å². The predicted octanol–water partition coefficient (Wildman–Crippen LogP) is 1.40. The number of aliphatic carboxylic acids is 1. The van der Waals surface area contributed by atoms with Crippen molar-refractivity contribution in [1.29, 1.82) is 0 Å². The molecular formula is C12H21NO3. The Morgan fingerprint density at radius 1 is 1.50 bits per heavy atom. The third-order valence-corrected chi connectivity index (χ3v) is 3.87. The zero-order valence-corrected chi connectivity index (χ0v) is 9.87. The van der Waals surface area contributed by atoms with Crippen LogP contribution in [-0.4, -0.2) is 36.4 Å². The minimum atomic E-state index is -0.826. The van der Waals surface area contributed by atoms with Crippen LogP contribution in [0.3, 0.4) is 0 Å². The molecule has 2 unspecified atom stereocenters. The fourth-order valence-electron chi connectivity index (χ4n) is 2.53. The van der Waals surface area contributed by atoms with E-state index in [4.69, 9.17) is 9.84 Å². The number of nitrogens with one attached hydrogen (secondary N) is 1. The number of ether oxygens (including phenoxy) is 1. The highest BCUT2D eigenvalue weighted by atomic mass is 16.5. The van der Waals surface area contributed by atoms with Crippen LogP contribution in [0.1, 0.15) is 39.0 Å². The van der Waals surface area contributed by atoms with E-state index in [2.05, 4.69) is 12.2 Å². The lowest BCUT2D eigenvalue weighted by atomic mass is 9.70. The van der Waals surface area contributed by atoms with Gasteiger partial charge < -0.3 is 15.2 Å². The van der Waals surface area contributed by atoms with Crippen LogP contribution < -0.4 is 5.32 Å². The van der Waals surface area contributed by atoms with Crippen LogP contribution in [0.5, 0.6) is 0 Å². The molecule has 0 bridgehead atoms. The Bertz CT molecular complexity index is 263. The quantitative estimate of drug-likeness (QED) is 0.745. The maximum atomic E-state index is 10.7. The first-order valence-corrected chi connectivity index (χ1v) is 6.18. The molecule has 0 spiro atoms. The van der Waals surface area contributed by atoms with Gasteiger partial charge in [0.15, 0.2) is 6.10 Å². The molecule has 0 radical (unpaired) electrons. The van der Waals surface area contributed by atoms with Crippen molar-refractivity contribution < 1.29 is 14.6 Å². The third-order valence-electron chi connectivity index (χ3n) is 3.87. The van der Waals surface area contributed by atoms with Gasteiger partial charge in [-0.3, -0.25) is 0 Å². The maximum absolute atomic E-state index is 10.7. The summed E-state index contributed by atoms with van der Waals surface area (Å²) in [6.07, 6.45) is 4.99. The molecule has 1 saturated heterocycles. The molecule has 0 aromatic carbocycles. The number of rotatable bonds is 5. The lowest BCUT2D eigenvalue weighted by Crippen LogP contribution is -2.40. The van der Waals surface area contributed by atoms with Crippen LogP contribution in [0.25, 0.3) is 0 Å². The second-order valence-electron chi connectivity index (χ2n) is 5.46. The van der Waals surface area contributed by atoms with Gasteiger partial charge in [0.1, 0.15) is 0 Å². The van der Waals surface area contributed by atoms with Crippen molar-refractivity contribution >= 4 is 5.97 Å². The standard InChI is InChI=1S/C12H21NO3/c1-12(5-2-6-12)8-13-7-9-3-4-10(16-9)11(14)15/h9-10,13H,2-8H2,1H3,(H,14,15). The molecule has 4 nitrogen and oxygen atoms in total. The monoisotopic (exact) mass is 227 g/mol. The molecule has 2 atom stereocenters. The number of carbonyl (C=O) groups is 1. The van der Waals surface area contributed by atoms with Crippen molar-refractivity contribution in [1.82, 2.24) is 5.32 Å². The minimum Gasteiger partial charge on any atom is -0.479 e. The van der Waals surface area contributed by atoms with Gasteiger partial charge in [-0.15, -0.1) is 0 Å². The van der Waals surface area contributed by atoms with Gasteiger partial charge in [0, 0.05) is 13.1 Å². The van der Waals surface area contributed by atoms with Gasteiger partial charge >= 0.3 is 5.97 Å². The smallest absolute Gasteiger partial charge is 0.332 e. The summed E-state index contributed by atoms with van der Waals surface area (Å²) in [6, 6.07) is 0. The third kappa shape index (κ3) is 2.74. The average Bonchev–Trinajstić information content (AvgIpc) is 2.64. The summed E-state index contributed by atoms with van der Waals surface area (Å²) in [5, 5.41) is 12.2. The van der Waals surface area contributed by atoms with Crippen LogP contribution in [-0.2, 0) is 9.53 Å². The molecule has 0 aromatic rings. The summed E-state index contributed by atoms with van der Waals surface area (Å²) >= 11 is 0. The Kier molecular flexibility index (Phi) is 3.50. The molecule has 16 heavy (non-hydrogen) atoms. The SMILES string of the molecule is CC1(CNCC2CCC(C(=O)O)O2)CCC1. The van der Waals surface area contributed by atoms with Crippen molar-refractivity contribution in [2.75, 3.05) is 13.1 Å². The molecule has 4 heteroatoms. The first-order valence-electron chi connectivity index (χ1n) is 6.18. The van der Waals surface area contributed by atoms with E-state index < -0.39 is 12.1 Å². The van der Waals surface area contributed by atoms with Gasteiger partial charge in [-0.2, -0.15) is 0 Å². The fraction of sp³-hybridized carbons (Fsp3) is 0.917. The second kappa shape index (κ2) is 4.72. The first-order chi connectivity index (χ1) is 7.59. The van der Waals surface area contributed by atoms with E-state index >= 15 is 0 Å².